The van der Waals surface area contributed by atoms with Crippen molar-refractivity contribution >= 4 is 46.1 Å². The van der Waals surface area contributed by atoms with Gasteiger partial charge in [0.15, 0.2) is 5.11 Å². The number of benzene rings is 2. The summed E-state index contributed by atoms with van der Waals surface area (Å²) in [4.78, 5) is 26.0. The summed E-state index contributed by atoms with van der Waals surface area (Å²) in [5.41, 5.74) is 3.12. The number of nitrogens with zero attached hydrogens (tertiary/aromatic N) is 2. The number of carbonyl (C=O) groups excluding carboxylic acids is 2. The zero-order valence-corrected chi connectivity index (χ0v) is 15.5. The van der Waals surface area contributed by atoms with E-state index in [1.54, 1.807) is 13.1 Å². The molecule has 2 aromatic carbocycles. The highest BCUT2D eigenvalue weighted by molar-refractivity contribution is 7.80. The average molecular weight is 375 g/mol. The number of nitrogens with one attached hydrogen (secondary N) is 1. The largest absolute Gasteiger partial charge is 0.342 e. The number of likely N-dealkylation sites (N-methyl/N-ethyl adjacent to an activating group) is 1. The van der Waals surface area contributed by atoms with E-state index in [-0.39, 0.29) is 10.7 Å². The van der Waals surface area contributed by atoms with Crippen molar-refractivity contribution in [2.45, 2.75) is 6.54 Å². The van der Waals surface area contributed by atoms with Gasteiger partial charge in [0.1, 0.15) is 5.57 Å². The Morgan fingerprint density at radius 3 is 2.52 bits per heavy atom. The van der Waals surface area contributed by atoms with Crippen LogP contribution in [0.2, 0.25) is 0 Å². The molecule has 134 valence electrons. The second-order valence-corrected chi connectivity index (χ2v) is 6.78. The first-order chi connectivity index (χ1) is 13.0. The Bertz CT molecular complexity index is 1100. The number of thiocarbonyl (C=S) groups is 1. The Morgan fingerprint density at radius 1 is 1.04 bits per heavy atom. The minimum atomic E-state index is -0.469. The van der Waals surface area contributed by atoms with Crippen molar-refractivity contribution in [1.82, 2.24) is 14.8 Å². The van der Waals surface area contributed by atoms with Crippen molar-refractivity contribution in [3.63, 3.8) is 0 Å². The lowest BCUT2D eigenvalue weighted by atomic mass is 10.1. The van der Waals surface area contributed by atoms with Crippen molar-refractivity contribution in [2.24, 2.45) is 0 Å². The molecular formula is C21H17N3O2S. The Kier molecular flexibility index (Phi) is 4.33. The van der Waals surface area contributed by atoms with E-state index in [9.17, 15) is 9.59 Å². The lowest BCUT2D eigenvalue weighted by Crippen LogP contribution is -2.52. The zero-order valence-electron chi connectivity index (χ0n) is 14.7. The molecule has 1 fully saturated rings. The quantitative estimate of drug-likeness (QED) is 0.435. The van der Waals surface area contributed by atoms with Gasteiger partial charge in [0.05, 0.1) is 0 Å². The van der Waals surface area contributed by atoms with Gasteiger partial charge in [0.2, 0.25) is 0 Å². The summed E-state index contributed by atoms with van der Waals surface area (Å²) in [5, 5.41) is 3.65. The summed E-state index contributed by atoms with van der Waals surface area (Å²) < 4.78 is 2.12. The molecule has 1 N–H and O–H groups in total. The number of fused-ring (bicyclic) bond motifs is 1. The van der Waals surface area contributed by atoms with Gasteiger partial charge in [-0.15, -0.1) is 0 Å². The molecule has 0 saturated carbocycles. The number of hydrogen-bond acceptors (Lipinski definition) is 3. The molecule has 0 bridgehead atoms. The van der Waals surface area contributed by atoms with Crippen molar-refractivity contribution in [2.75, 3.05) is 7.05 Å². The fourth-order valence-corrected chi connectivity index (χ4v) is 3.38. The third kappa shape index (κ3) is 3.15. The summed E-state index contributed by atoms with van der Waals surface area (Å²) in [6.45, 7) is 0.703. The summed E-state index contributed by atoms with van der Waals surface area (Å²) in [6.07, 6.45) is 3.61. The normalized spacial score (nSPS) is 16.3. The molecular weight excluding hydrogens is 358 g/mol. The molecule has 1 aromatic heterocycles. The monoisotopic (exact) mass is 375 g/mol. The van der Waals surface area contributed by atoms with Crippen LogP contribution in [0.15, 0.2) is 66.4 Å². The Morgan fingerprint density at radius 2 is 1.74 bits per heavy atom. The molecule has 1 aliphatic rings. The first-order valence-corrected chi connectivity index (χ1v) is 8.92. The SMILES string of the molecule is CN1C(=O)C(=Cc2cn(Cc3ccccc3)c3ccccc23)C(=O)NC1=S. The van der Waals surface area contributed by atoms with Gasteiger partial charge in [-0.05, 0) is 29.9 Å². The van der Waals surface area contributed by atoms with Crippen LogP contribution in [0.3, 0.4) is 0 Å². The van der Waals surface area contributed by atoms with Crippen molar-refractivity contribution in [1.29, 1.82) is 0 Å². The van der Waals surface area contributed by atoms with Gasteiger partial charge in [-0.2, -0.15) is 0 Å². The van der Waals surface area contributed by atoms with E-state index >= 15 is 0 Å². The maximum absolute atomic E-state index is 12.5. The highest BCUT2D eigenvalue weighted by Gasteiger charge is 2.31. The summed E-state index contributed by atoms with van der Waals surface area (Å²) >= 11 is 5.00. The van der Waals surface area contributed by atoms with Crippen LogP contribution in [0.4, 0.5) is 0 Å². The second kappa shape index (κ2) is 6.81. The van der Waals surface area contributed by atoms with Gasteiger partial charge in [-0.1, -0.05) is 48.5 Å². The predicted octanol–water partition coefficient (Wildman–Crippen LogP) is 2.95. The van der Waals surface area contributed by atoms with Crippen LogP contribution in [-0.2, 0) is 16.1 Å². The lowest BCUT2D eigenvalue weighted by Gasteiger charge is -2.24. The molecule has 0 spiro atoms. The molecule has 0 aliphatic carbocycles. The van der Waals surface area contributed by atoms with E-state index in [0.29, 0.717) is 6.54 Å². The molecule has 4 rings (SSSR count). The van der Waals surface area contributed by atoms with Crippen LogP contribution in [-0.4, -0.2) is 33.4 Å². The van der Waals surface area contributed by atoms with Gasteiger partial charge < -0.3 is 4.57 Å². The number of carbonyl (C=O) groups is 2. The Labute approximate surface area is 161 Å². The lowest BCUT2D eigenvalue weighted by molar-refractivity contribution is -0.128. The van der Waals surface area contributed by atoms with Crippen molar-refractivity contribution < 1.29 is 9.59 Å². The molecule has 1 saturated heterocycles. The fourth-order valence-electron chi connectivity index (χ4n) is 3.20. The first-order valence-electron chi connectivity index (χ1n) is 8.51. The minimum absolute atomic E-state index is 0.0775. The summed E-state index contributed by atoms with van der Waals surface area (Å²) in [7, 11) is 1.55. The van der Waals surface area contributed by atoms with Gasteiger partial charge in [0.25, 0.3) is 11.8 Å². The van der Waals surface area contributed by atoms with Crippen LogP contribution in [0.5, 0.6) is 0 Å². The molecule has 0 radical (unpaired) electrons. The fraction of sp³-hybridized carbons (Fsp3) is 0.0952. The molecule has 3 aromatic rings. The van der Waals surface area contributed by atoms with Gasteiger partial charge in [-0.25, -0.2) is 0 Å². The molecule has 6 heteroatoms. The number of aromatic nitrogens is 1. The Hall–Kier alpha value is -3.25. The standard InChI is InChI=1S/C21H17N3O2S/c1-23-20(26)17(19(25)22-21(23)27)11-15-13-24(12-14-7-3-2-4-8-14)18-10-6-5-9-16(15)18/h2-11,13H,12H2,1H3,(H,22,25,27). The number of amides is 2. The van der Waals surface area contributed by atoms with Gasteiger partial charge in [-0.3, -0.25) is 19.8 Å². The van der Waals surface area contributed by atoms with Crippen LogP contribution in [0, 0.1) is 0 Å². The number of hydrogen-bond donors (Lipinski definition) is 1. The summed E-state index contributed by atoms with van der Waals surface area (Å²) in [6, 6.07) is 18.1. The van der Waals surface area contributed by atoms with E-state index in [0.717, 1.165) is 16.5 Å². The number of para-hydroxylation sites is 1. The molecule has 2 heterocycles. The van der Waals surface area contributed by atoms with Crippen LogP contribution in [0.1, 0.15) is 11.1 Å². The molecule has 2 amide bonds. The topological polar surface area (TPSA) is 54.3 Å². The third-order valence-electron chi connectivity index (χ3n) is 4.62. The van der Waals surface area contributed by atoms with E-state index in [1.807, 2.05) is 48.7 Å². The predicted molar refractivity (Wildman–Crippen MR) is 109 cm³/mol. The van der Waals surface area contributed by atoms with Crippen molar-refractivity contribution in [3.05, 3.63) is 77.5 Å². The van der Waals surface area contributed by atoms with Crippen LogP contribution >= 0.6 is 12.2 Å². The van der Waals surface area contributed by atoms with E-state index in [1.165, 1.54) is 10.5 Å². The first kappa shape index (κ1) is 17.2. The van der Waals surface area contributed by atoms with Crippen molar-refractivity contribution in [3.8, 4) is 0 Å². The maximum Gasteiger partial charge on any atom is 0.265 e. The average Bonchev–Trinajstić information content (AvgIpc) is 3.02. The van der Waals surface area contributed by atoms with Gasteiger partial charge in [0, 0.05) is 36.3 Å². The maximum atomic E-state index is 12.5. The van der Waals surface area contributed by atoms with Crippen LogP contribution < -0.4 is 5.32 Å². The summed E-state index contributed by atoms with van der Waals surface area (Å²) in [5.74, 6) is -0.869. The molecule has 27 heavy (non-hydrogen) atoms. The van der Waals surface area contributed by atoms with Gasteiger partial charge >= 0.3 is 0 Å². The molecule has 0 atom stereocenters. The third-order valence-corrected chi connectivity index (χ3v) is 5.00. The molecule has 1 aliphatic heterocycles. The second-order valence-electron chi connectivity index (χ2n) is 6.40. The van der Waals surface area contributed by atoms with E-state index in [4.69, 9.17) is 12.2 Å². The smallest absolute Gasteiger partial charge is 0.265 e. The number of rotatable bonds is 3. The van der Waals surface area contributed by atoms with E-state index < -0.39 is 11.8 Å². The zero-order chi connectivity index (χ0) is 19.0. The molecule has 5 nitrogen and oxygen atoms in total. The minimum Gasteiger partial charge on any atom is -0.342 e. The molecule has 0 unspecified atom stereocenters. The van der Waals surface area contributed by atoms with E-state index in [2.05, 4.69) is 22.0 Å². The highest BCUT2D eigenvalue weighted by atomic mass is 32.1. The Balaban J connectivity index is 1.80. The van der Waals surface area contributed by atoms with Crippen LogP contribution in [0.25, 0.3) is 17.0 Å². The highest BCUT2D eigenvalue weighted by Crippen LogP contribution is 2.25.